The van der Waals surface area contributed by atoms with Crippen LogP contribution in [0, 0.1) is 5.92 Å². The molecule has 3 aromatic rings. The Hall–Kier alpha value is -3.13. The quantitative estimate of drug-likeness (QED) is 0.691. The van der Waals surface area contributed by atoms with Crippen molar-refractivity contribution in [3.63, 3.8) is 0 Å². The van der Waals surface area contributed by atoms with E-state index in [-0.39, 0.29) is 17.7 Å². The van der Waals surface area contributed by atoms with E-state index in [1.807, 2.05) is 6.07 Å². The van der Waals surface area contributed by atoms with Crippen molar-refractivity contribution in [2.75, 3.05) is 0 Å². The number of rotatable bonds is 4. The number of fused-ring (bicyclic) bond motifs is 2. The highest BCUT2D eigenvalue weighted by atomic mass is 19.1. The van der Waals surface area contributed by atoms with Crippen LogP contribution in [0.5, 0.6) is 5.75 Å². The SMILES string of the molecule is C=C(c1cnc(-c2ccc(-n3ccnc3)cc2O)nn1)C1CC2CCCC(N2)[C@@H]1F. The van der Waals surface area contributed by atoms with Crippen molar-refractivity contribution in [1.29, 1.82) is 0 Å². The zero-order valence-electron chi connectivity index (χ0n) is 16.4. The maximum Gasteiger partial charge on any atom is 0.185 e. The number of nitrogens with zero attached hydrogens (tertiary/aromatic N) is 5. The van der Waals surface area contributed by atoms with E-state index in [1.54, 1.807) is 41.6 Å². The number of halogens is 1. The van der Waals surface area contributed by atoms with Gasteiger partial charge in [-0.3, -0.25) is 0 Å². The molecule has 7 nitrogen and oxygen atoms in total. The van der Waals surface area contributed by atoms with Crippen LogP contribution in [0.4, 0.5) is 4.39 Å². The van der Waals surface area contributed by atoms with E-state index in [2.05, 4.69) is 32.1 Å². The normalized spacial score (nSPS) is 25.8. The van der Waals surface area contributed by atoms with Gasteiger partial charge in [0.15, 0.2) is 5.82 Å². The van der Waals surface area contributed by atoms with Gasteiger partial charge in [-0.05, 0) is 37.0 Å². The average molecular weight is 406 g/mol. The van der Waals surface area contributed by atoms with Gasteiger partial charge in [-0.1, -0.05) is 13.0 Å². The first-order valence-corrected chi connectivity index (χ1v) is 10.2. The van der Waals surface area contributed by atoms with Gasteiger partial charge in [0.1, 0.15) is 17.6 Å². The molecule has 2 saturated heterocycles. The zero-order chi connectivity index (χ0) is 20.7. The van der Waals surface area contributed by atoms with Crippen molar-refractivity contribution < 1.29 is 9.50 Å². The Morgan fingerprint density at radius 3 is 2.90 bits per heavy atom. The van der Waals surface area contributed by atoms with Crippen LogP contribution in [0.25, 0.3) is 22.6 Å². The Kier molecular flexibility index (Phi) is 4.78. The van der Waals surface area contributed by atoms with Crippen LogP contribution in [-0.2, 0) is 0 Å². The molecule has 3 unspecified atom stereocenters. The van der Waals surface area contributed by atoms with Gasteiger partial charge in [-0.15, -0.1) is 10.2 Å². The van der Waals surface area contributed by atoms with Crippen LogP contribution >= 0.6 is 0 Å². The molecule has 2 fully saturated rings. The van der Waals surface area contributed by atoms with Gasteiger partial charge < -0.3 is 15.0 Å². The van der Waals surface area contributed by atoms with E-state index in [1.165, 1.54) is 0 Å². The largest absolute Gasteiger partial charge is 0.507 e. The summed E-state index contributed by atoms with van der Waals surface area (Å²) >= 11 is 0. The van der Waals surface area contributed by atoms with Crippen LogP contribution in [0.15, 0.2) is 49.7 Å². The van der Waals surface area contributed by atoms with E-state index in [9.17, 15) is 9.50 Å². The maximum absolute atomic E-state index is 15.0. The van der Waals surface area contributed by atoms with Crippen molar-refractivity contribution in [1.82, 2.24) is 30.0 Å². The van der Waals surface area contributed by atoms with E-state index in [0.29, 0.717) is 28.7 Å². The second-order valence-corrected chi connectivity index (χ2v) is 8.05. The highest BCUT2D eigenvalue weighted by Gasteiger charge is 2.41. The molecule has 1 aromatic carbocycles. The first-order valence-electron chi connectivity index (χ1n) is 10.2. The molecular weight excluding hydrogens is 383 g/mol. The van der Waals surface area contributed by atoms with Gasteiger partial charge in [-0.25, -0.2) is 14.4 Å². The molecule has 5 rings (SSSR count). The Morgan fingerprint density at radius 2 is 2.17 bits per heavy atom. The van der Waals surface area contributed by atoms with Gasteiger partial charge in [0.2, 0.25) is 0 Å². The summed E-state index contributed by atoms with van der Waals surface area (Å²) in [6.45, 7) is 4.12. The molecule has 30 heavy (non-hydrogen) atoms. The molecule has 2 bridgehead atoms. The molecule has 4 heterocycles. The number of aromatic hydroxyl groups is 1. The monoisotopic (exact) mass is 406 g/mol. The number of nitrogens with one attached hydrogen (secondary N) is 1. The lowest BCUT2D eigenvalue weighted by molar-refractivity contribution is 0.0982. The fourth-order valence-corrected chi connectivity index (χ4v) is 4.56. The third kappa shape index (κ3) is 3.37. The molecule has 8 heteroatoms. The molecule has 2 aliphatic rings. The lowest BCUT2D eigenvalue weighted by Gasteiger charge is -2.43. The summed E-state index contributed by atoms with van der Waals surface area (Å²) in [6, 6.07) is 5.43. The molecule has 0 aliphatic carbocycles. The van der Waals surface area contributed by atoms with E-state index >= 15 is 0 Å². The van der Waals surface area contributed by atoms with Crippen LogP contribution in [0.1, 0.15) is 31.4 Å². The van der Waals surface area contributed by atoms with E-state index in [4.69, 9.17) is 0 Å². The number of aromatic nitrogens is 5. The standard InChI is InChI=1S/C22H23FN6O/c1-13(17-9-14-3-2-4-18(26-14)21(17)23)19-11-25-22(28-27-19)16-6-5-15(10-20(16)30)29-8-7-24-12-29/h5-8,10-12,14,17-18,21,26,30H,1-4,9H2/t14?,17?,18?,21-/m1/s1. The third-order valence-corrected chi connectivity index (χ3v) is 6.19. The summed E-state index contributed by atoms with van der Waals surface area (Å²) < 4.78 is 16.8. The lowest BCUT2D eigenvalue weighted by Crippen LogP contribution is -2.55. The summed E-state index contributed by atoms with van der Waals surface area (Å²) in [6.07, 6.45) is 9.43. The van der Waals surface area contributed by atoms with Gasteiger partial charge in [0.25, 0.3) is 0 Å². The third-order valence-electron chi connectivity index (χ3n) is 6.19. The van der Waals surface area contributed by atoms with E-state index < -0.39 is 6.17 Å². The van der Waals surface area contributed by atoms with Crippen LogP contribution in [0.2, 0.25) is 0 Å². The predicted molar refractivity (Wildman–Crippen MR) is 111 cm³/mol. The number of phenols is 1. The smallest absolute Gasteiger partial charge is 0.185 e. The van der Waals surface area contributed by atoms with Crippen LogP contribution in [-0.4, -0.2) is 48.1 Å². The molecular formula is C22H23FN6O. The lowest BCUT2D eigenvalue weighted by atomic mass is 9.75. The summed E-state index contributed by atoms with van der Waals surface area (Å²) in [4.78, 5) is 8.37. The highest BCUT2D eigenvalue weighted by molar-refractivity contribution is 5.67. The Bertz CT molecular complexity index is 1050. The van der Waals surface area contributed by atoms with Crippen molar-refractivity contribution in [2.24, 2.45) is 5.92 Å². The molecule has 0 amide bonds. The number of alkyl halides is 1. The molecule has 2 aromatic heterocycles. The molecule has 154 valence electrons. The first-order chi connectivity index (χ1) is 14.6. The average Bonchev–Trinajstić information content (AvgIpc) is 3.31. The number of benzene rings is 1. The van der Waals surface area contributed by atoms with Gasteiger partial charge in [-0.2, -0.15) is 0 Å². The Morgan fingerprint density at radius 1 is 1.27 bits per heavy atom. The van der Waals surface area contributed by atoms with Crippen molar-refractivity contribution >= 4 is 5.57 Å². The second-order valence-electron chi connectivity index (χ2n) is 8.05. The van der Waals surface area contributed by atoms with E-state index in [0.717, 1.165) is 31.4 Å². The molecule has 2 aliphatic heterocycles. The van der Waals surface area contributed by atoms with Gasteiger partial charge >= 0.3 is 0 Å². The molecule has 0 radical (unpaired) electrons. The number of hydrogen-bond acceptors (Lipinski definition) is 6. The number of allylic oxidation sites excluding steroid dienone is 1. The number of piperidine rings is 2. The predicted octanol–water partition coefficient (Wildman–Crippen LogP) is 3.31. The molecule has 4 atom stereocenters. The minimum atomic E-state index is -0.977. The Labute approximate surface area is 173 Å². The first kappa shape index (κ1) is 18.9. The number of hydrogen-bond donors (Lipinski definition) is 2. The second kappa shape index (κ2) is 7.60. The van der Waals surface area contributed by atoms with Crippen LogP contribution in [0.3, 0.4) is 0 Å². The van der Waals surface area contributed by atoms with Crippen molar-refractivity contribution in [3.05, 3.63) is 55.4 Å². The summed E-state index contributed by atoms with van der Waals surface area (Å²) in [5.74, 6) is 0.0798. The van der Waals surface area contributed by atoms with Gasteiger partial charge in [0, 0.05) is 36.5 Å². The fraction of sp³-hybridized carbons (Fsp3) is 0.364. The topological polar surface area (TPSA) is 88.8 Å². The number of phenolic OH excluding ortho intramolecular Hbond substituents is 1. The number of imidazole rings is 1. The van der Waals surface area contributed by atoms with Gasteiger partial charge in [0.05, 0.1) is 23.8 Å². The Balaban J connectivity index is 1.36. The van der Waals surface area contributed by atoms with Crippen LogP contribution < -0.4 is 5.32 Å². The highest BCUT2D eigenvalue weighted by Crippen LogP contribution is 2.38. The summed E-state index contributed by atoms with van der Waals surface area (Å²) in [5, 5.41) is 22.2. The zero-order valence-corrected chi connectivity index (χ0v) is 16.4. The molecule has 0 spiro atoms. The minimum absolute atomic E-state index is 0.0459. The van der Waals surface area contributed by atoms with Crippen molar-refractivity contribution in [2.45, 2.75) is 43.9 Å². The molecule has 2 N–H and O–H groups in total. The maximum atomic E-state index is 15.0. The summed E-state index contributed by atoms with van der Waals surface area (Å²) in [5.41, 5.74) is 2.40. The minimum Gasteiger partial charge on any atom is -0.507 e. The summed E-state index contributed by atoms with van der Waals surface area (Å²) in [7, 11) is 0. The van der Waals surface area contributed by atoms with Crippen molar-refractivity contribution in [3.8, 4) is 22.8 Å². The fourth-order valence-electron chi connectivity index (χ4n) is 4.56. The molecule has 0 saturated carbocycles.